The number of likely N-dealkylation sites (tertiary alicyclic amines) is 1. The summed E-state index contributed by atoms with van der Waals surface area (Å²) in [6.07, 6.45) is 0.388. The molecule has 7 nitrogen and oxygen atoms in total. The minimum atomic E-state index is -4.47. The molecule has 0 amide bonds. The van der Waals surface area contributed by atoms with E-state index in [0.717, 1.165) is 43.1 Å². The summed E-state index contributed by atoms with van der Waals surface area (Å²) >= 11 is 0. The number of rotatable bonds is 8. The van der Waals surface area contributed by atoms with Crippen molar-refractivity contribution >= 4 is 9.84 Å². The van der Waals surface area contributed by atoms with Crippen molar-refractivity contribution in [2.75, 3.05) is 13.1 Å². The van der Waals surface area contributed by atoms with Crippen LogP contribution in [0, 0.1) is 0 Å². The molecule has 4 rings (SSSR count). The molecule has 0 atom stereocenters. The second kappa shape index (κ2) is 10.7. The van der Waals surface area contributed by atoms with Crippen LogP contribution in [0.3, 0.4) is 0 Å². The van der Waals surface area contributed by atoms with Crippen LogP contribution in [0.4, 0.5) is 13.2 Å². The zero-order valence-corrected chi connectivity index (χ0v) is 21.1. The van der Waals surface area contributed by atoms with Crippen molar-refractivity contribution in [3.8, 4) is 0 Å². The lowest BCUT2D eigenvalue weighted by Gasteiger charge is -2.31. The molecule has 0 radical (unpaired) electrons. The Morgan fingerprint density at radius 2 is 1.83 bits per heavy atom. The normalized spacial score (nSPS) is 16.1. The Bertz CT molecular complexity index is 1280. The van der Waals surface area contributed by atoms with Crippen LogP contribution in [0.1, 0.15) is 60.7 Å². The smallest absolute Gasteiger partial charge is 0.297 e. The molecule has 1 fully saturated rings. The van der Waals surface area contributed by atoms with Crippen molar-refractivity contribution < 1.29 is 21.6 Å². The number of pyridine rings is 1. The number of piperidine rings is 1. The number of nitrogens with zero attached hydrogens (tertiary/aromatic N) is 5. The Hall–Kier alpha value is -2.79. The van der Waals surface area contributed by atoms with Crippen LogP contribution >= 0.6 is 0 Å². The molecule has 1 aliphatic rings. The highest BCUT2D eigenvalue weighted by Gasteiger charge is 2.34. The van der Waals surface area contributed by atoms with Crippen LogP contribution in [0.5, 0.6) is 0 Å². The highest BCUT2D eigenvalue weighted by Crippen LogP contribution is 2.32. The molecule has 0 unspecified atom stereocenters. The number of sulfone groups is 1. The van der Waals surface area contributed by atoms with Gasteiger partial charge < -0.3 is 0 Å². The number of benzene rings is 1. The molecular weight excluding hydrogens is 491 g/mol. The van der Waals surface area contributed by atoms with E-state index in [-0.39, 0.29) is 18.0 Å². The minimum absolute atomic E-state index is 0.0516. The summed E-state index contributed by atoms with van der Waals surface area (Å²) in [6.45, 7) is 5.54. The van der Waals surface area contributed by atoms with Crippen molar-refractivity contribution in [1.82, 2.24) is 24.9 Å². The van der Waals surface area contributed by atoms with Crippen molar-refractivity contribution in [3.05, 3.63) is 76.9 Å². The summed E-state index contributed by atoms with van der Waals surface area (Å²) in [7, 11) is -3.15. The fourth-order valence-electron chi connectivity index (χ4n) is 4.45. The molecule has 0 aliphatic carbocycles. The molecule has 194 valence electrons. The molecule has 0 bridgehead atoms. The lowest BCUT2D eigenvalue weighted by atomic mass is 9.88. The predicted molar refractivity (Wildman–Crippen MR) is 130 cm³/mol. The lowest BCUT2D eigenvalue weighted by molar-refractivity contribution is -0.138. The largest absolute Gasteiger partial charge is 0.418 e. The van der Waals surface area contributed by atoms with E-state index in [2.05, 4.69) is 26.3 Å². The Labute approximate surface area is 209 Å². The third-order valence-corrected chi connectivity index (χ3v) is 8.75. The van der Waals surface area contributed by atoms with Crippen LogP contribution in [-0.2, 0) is 34.9 Å². The molecule has 3 heterocycles. The summed E-state index contributed by atoms with van der Waals surface area (Å²) in [5.41, 5.74) is 1.81. The van der Waals surface area contributed by atoms with E-state index in [4.69, 9.17) is 0 Å². The fourth-order valence-corrected chi connectivity index (χ4v) is 5.43. The van der Waals surface area contributed by atoms with Gasteiger partial charge in [0.15, 0.2) is 9.84 Å². The van der Waals surface area contributed by atoms with E-state index in [1.807, 2.05) is 18.2 Å². The fraction of sp³-hybridized carbons (Fsp3) is 0.480. The first-order valence-electron chi connectivity index (χ1n) is 11.9. The first-order chi connectivity index (χ1) is 17.0. The van der Waals surface area contributed by atoms with Gasteiger partial charge in [0.2, 0.25) is 0 Å². The predicted octanol–water partition coefficient (Wildman–Crippen LogP) is 4.44. The molecule has 1 saturated heterocycles. The maximum absolute atomic E-state index is 13.2. The molecule has 36 heavy (non-hydrogen) atoms. The monoisotopic (exact) mass is 521 g/mol. The van der Waals surface area contributed by atoms with Gasteiger partial charge in [-0.2, -0.15) is 13.2 Å². The second-order valence-electron chi connectivity index (χ2n) is 9.55. The van der Waals surface area contributed by atoms with Crippen molar-refractivity contribution in [2.24, 2.45) is 0 Å². The van der Waals surface area contributed by atoms with E-state index in [1.54, 1.807) is 20.0 Å². The van der Waals surface area contributed by atoms with Gasteiger partial charge in [0, 0.05) is 12.7 Å². The highest BCUT2D eigenvalue weighted by molar-refractivity contribution is 7.91. The van der Waals surface area contributed by atoms with Crippen molar-refractivity contribution in [3.63, 3.8) is 0 Å². The molecular formula is C25H30F3N5O2S. The molecule has 1 aliphatic heterocycles. The van der Waals surface area contributed by atoms with Gasteiger partial charge >= 0.3 is 6.18 Å². The zero-order valence-electron chi connectivity index (χ0n) is 20.3. The molecule has 1 aromatic carbocycles. The van der Waals surface area contributed by atoms with E-state index in [0.29, 0.717) is 18.2 Å². The van der Waals surface area contributed by atoms with Gasteiger partial charge in [0.1, 0.15) is 0 Å². The zero-order chi connectivity index (χ0) is 25.9. The quantitative estimate of drug-likeness (QED) is 0.436. The van der Waals surface area contributed by atoms with Crippen LogP contribution in [0.2, 0.25) is 0 Å². The summed E-state index contributed by atoms with van der Waals surface area (Å²) in [5.74, 6) is 0.402. The second-order valence-corrected chi connectivity index (χ2v) is 12.1. The summed E-state index contributed by atoms with van der Waals surface area (Å²) < 4.78 is 65.7. The average Bonchev–Trinajstić information content (AvgIpc) is 3.25. The maximum Gasteiger partial charge on any atom is 0.418 e. The van der Waals surface area contributed by atoms with Crippen molar-refractivity contribution in [1.29, 1.82) is 0 Å². The van der Waals surface area contributed by atoms with Crippen LogP contribution in [0.15, 0.2) is 48.8 Å². The third-order valence-electron chi connectivity index (χ3n) is 6.58. The van der Waals surface area contributed by atoms with Gasteiger partial charge in [0.25, 0.3) is 0 Å². The molecule has 11 heteroatoms. The number of aromatic nitrogens is 4. The van der Waals surface area contributed by atoms with Gasteiger partial charge in [-0.25, -0.2) is 13.1 Å². The summed E-state index contributed by atoms with van der Waals surface area (Å²) in [5, 5.41) is 7.73. The number of hydrogen-bond acceptors (Lipinski definition) is 6. The Morgan fingerprint density at radius 1 is 1.08 bits per heavy atom. The third kappa shape index (κ3) is 6.50. The van der Waals surface area contributed by atoms with Gasteiger partial charge in [-0.15, -0.1) is 5.10 Å². The average molecular weight is 522 g/mol. The maximum atomic E-state index is 13.2. The number of hydrogen-bond donors (Lipinski definition) is 0. The van der Waals surface area contributed by atoms with Crippen LogP contribution in [-0.4, -0.2) is 51.6 Å². The molecule has 2 aromatic heterocycles. The van der Waals surface area contributed by atoms with Crippen LogP contribution in [0.25, 0.3) is 0 Å². The topological polar surface area (TPSA) is 81.0 Å². The summed E-state index contributed by atoms with van der Waals surface area (Å²) in [6, 6.07) is 10.2. The molecule has 0 spiro atoms. The Kier molecular flexibility index (Phi) is 7.79. The van der Waals surface area contributed by atoms with E-state index < -0.39 is 26.8 Å². The number of alkyl halides is 3. The van der Waals surface area contributed by atoms with Gasteiger partial charge in [-0.1, -0.05) is 29.5 Å². The van der Waals surface area contributed by atoms with Crippen molar-refractivity contribution in [2.45, 2.75) is 62.9 Å². The van der Waals surface area contributed by atoms with Crippen LogP contribution < -0.4 is 0 Å². The molecule has 0 N–H and O–H groups in total. The first kappa shape index (κ1) is 26.3. The lowest BCUT2D eigenvalue weighted by Crippen LogP contribution is -2.32. The van der Waals surface area contributed by atoms with Gasteiger partial charge in [0.05, 0.1) is 40.7 Å². The van der Waals surface area contributed by atoms with E-state index >= 15 is 0 Å². The SMILES string of the molecule is CC(C)S(=O)(=O)Cc1cccc(C2CCN(Cc3cn(Cc4ncccc4C(F)(F)F)nn3)CC2)c1. The number of halogens is 3. The van der Waals surface area contributed by atoms with E-state index in [1.165, 1.54) is 16.9 Å². The molecule has 0 saturated carbocycles. The Balaban J connectivity index is 1.33. The van der Waals surface area contributed by atoms with Gasteiger partial charge in [-0.3, -0.25) is 9.88 Å². The minimum Gasteiger partial charge on any atom is -0.297 e. The summed E-state index contributed by atoms with van der Waals surface area (Å²) in [4.78, 5) is 6.13. The molecule has 3 aromatic rings. The van der Waals surface area contributed by atoms with E-state index in [9.17, 15) is 21.6 Å². The highest BCUT2D eigenvalue weighted by atomic mass is 32.2. The first-order valence-corrected chi connectivity index (χ1v) is 13.7. The standard InChI is InChI=1S/C25H30F3N5O2S/c1-18(2)36(34,35)17-19-5-3-6-21(13-19)20-8-11-32(12-9-20)14-22-15-33(31-30-22)16-24-23(25(26,27)28)7-4-10-29-24/h3-7,10,13,15,18,20H,8-9,11-12,14,16-17H2,1-2H3. The Morgan fingerprint density at radius 3 is 2.53 bits per heavy atom. The van der Waals surface area contributed by atoms with Gasteiger partial charge in [-0.05, 0) is 69.0 Å².